The zero-order chi connectivity index (χ0) is 18.6. The van der Waals surface area contributed by atoms with E-state index in [1.807, 2.05) is 30.3 Å². The molecule has 0 bridgehead atoms. The van der Waals surface area contributed by atoms with Crippen molar-refractivity contribution in [1.29, 1.82) is 0 Å². The van der Waals surface area contributed by atoms with Gasteiger partial charge in [-0.25, -0.2) is 14.4 Å². The average molecular weight is 395 g/mol. The molecule has 0 saturated heterocycles. The fourth-order valence-electron chi connectivity index (χ4n) is 2.65. The highest BCUT2D eigenvalue weighted by Gasteiger charge is 2.14. The lowest BCUT2D eigenvalue weighted by molar-refractivity contribution is -0.113. The lowest BCUT2D eigenvalue weighted by atomic mass is 10.1. The van der Waals surface area contributed by atoms with Crippen LogP contribution in [0, 0.1) is 5.82 Å². The molecule has 4 nitrogen and oxygen atoms in total. The molecule has 0 aliphatic heterocycles. The Kier molecular flexibility index (Phi) is 5.13. The quantitative estimate of drug-likeness (QED) is 0.371. The van der Waals surface area contributed by atoms with Gasteiger partial charge in [0.1, 0.15) is 22.0 Å². The summed E-state index contributed by atoms with van der Waals surface area (Å²) in [4.78, 5) is 21.9. The number of thiophene rings is 1. The van der Waals surface area contributed by atoms with Gasteiger partial charge < -0.3 is 5.32 Å². The minimum Gasteiger partial charge on any atom is -0.325 e. The van der Waals surface area contributed by atoms with E-state index in [9.17, 15) is 9.18 Å². The number of hydrogen-bond donors (Lipinski definition) is 1. The van der Waals surface area contributed by atoms with Gasteiger partial charge in [-0.1, -0.05) is 42.1 Å². The molecular formula is C20H14FN3OS2. The van der Waals surface area contributed by atoms with Gasteiger partial charge in [0.25, 0.3) is 0 Å². The largest absolute Gasteiger partial charge is 0.325 e. The Balaban J connectivity index is 1.54. The predicted octanol–water partition coefficient (Wildman–Crippen LogP) is 5.23. The van der Waals surface area contributed by atoms with Crippen LogP contribution >= 0.6 is 23.1 Å². The number of anilines is 1. The summed E-state index contributed by atoms with van der Waals surface area (Å²) < 4.78 is 13.0. The first-order valence-corrected chi connectivity index (χ1v) is 10.0. The number of nitrogens with zero attached hydrogens (tertiary/aromatic N) is 2. The number of fused-ring (bicyclic) bond motifs is 1. The molecule has 0 atom stereocenters. The minimum atomic E-state index is -0.336. The van der Waals surface area contributed by atoms with E-state index >= 15 is 0 Å². The molecule has 0 spiro atoms. The highest BCUT2D eigenvalue weighted by molar-refractivity contribution is 8.00. The Morgan fingerprint density at radius 2 is 1.85 bits per heavy atom. The maximum absolute atomic E-state index is 13.0. The molecule has 0 fully saturated rings. The summed E-state index contributed by atoms with van der Waals surface area (Å²) >= 11 is 2.92. The number of halogens is 1. The molecule has 0 radical (unpaired) electrons. The molecule has 7 heteroatoms. The predicted molar refractivity (Wildman–Crippen MR) is 109 cm³/mol. The van der Waals surface area contributed by atoms with Gasteiger partial charge >= 0.3 is 0 Å². The lowest BCUT2D eigenvalue weighted by Crippen LogP contribution is -2.14. The van der Waals surface area contributed by atoms with Gasteiger partial charge in [-0.15, -0.1) is 11.3 Å². The maximum Gasteiger partial charge on any atom is 0.234 e. The number of hydrogen-bond acceptors (Lipinski definition) is 5. The summed E-state index contributed by atoms with van der Waals surface area (Å²) in [6, 6.07) is 15.7. The normalized spacial score (nSPS) is 10.9. The topological polar surface area (TPSA) is 54.9 Å². The number of nitrogens with one attached hydrogen (secondary N) is 1. The standard InChI is InChI=1S/C20H14FN3OS2/c21-14-6-8-15(9-7-14)24-17(25)11-27-20-18-16(13-4-2-1-3-5-13)10-26-19(18)22-12-23-20/h1-10,12H,11H2,(H,24,25). The van der Waals surface area contributed by atoms with Crippen LogP contribution in [-0.2, 0) is 4.79 Å². The van der Waals surface area contributed by atoms with Crippen LogP contribution in [0.25, 0.3) is 21.3 Å². The maximum atomic E-state index is 13.0. The zero-order valence-corrected chi connectivity index (χ0v) is 15.7. The van der Waals surface area contributed by atoms with Crippen molar-refractivity contribution >= 4 is 44.9 Å². The van der Waals surface area contributed by atoms with E-state index < -0.39 is 0 Å². The molecule has 1 amide bonds. The monoisotopic (exact) mass is 395 g/mol. The Bertz CT molecular complexity index is 1080. The van der Waals surface area contributed by atoms with Crippen LogP contribution in [0.15, 0.2) is 71.3 Å². The smallest absolute Gasteiger partial charge is 0.234 e. The third kappa shape index (κ3) is 3.99. The van der Waals surface area contributed by atoms with Crippen molar-refractivity contribution in [3.05, 3.63) is 72.1 Å². The van der Waals surface area contributed by atoms with Crippen LogP contribution < -0.4 is 5.32 Å². The van der Waals surface area contributed by atoms with Gasteiger partial charge in [0.05, 0.1) is 11.1 Å². The highest BCUT2D eigenvalue weighted by atomic mass is 32.2. The van der Waals surface area contributed by atoms with Crippen molar-refractivity contribution in [2.45, 2.75) is 5.03 Å². The molecule has 4 aromatic rings. The van der Waals surface area contributed by atoms with Crippen molar-refractivity contribution in [2.24, 2.45) is 0 Å². The van der Waals surface area contributed by atoms with Gasteiger partial charge in [0.15, 0.2) is 0 Å². The van der Waals surface area contributed by atoms with Gasteiger partial charge in [-0.2, -0.15) is 0 Å². The van der Waals surface area contributed by atoms with Gasteiger partial charge in [0.2, 0.25) is 5.91 Å². The van der Waals surface area contributed by atoms with Crippen LogP contribution in [0.3, 0.4) is 0 Å². The van der Waals surface area contributed by atoms with Crippen LogP contribution in [0.5, 0.6) is 0 Å². The molecule has 2 heterocycles. The first kappa shape index (κ1) is 17.6. The molecule has 0 saturated carbocycles. The molecule has 2 aromatic heterocycles. The third-order valence-corrected chi connectivity index (χ3v) is 5.76. The van der Waals surface area contributed by atoms with E-state index in [2.05, 4.69) is 20.7 Å². The molecule has 1 N–H and O–H groups in total. The van der Waals surface area contributed by atoms with Gasteiger partial charge in [0, 0.05) is 16.6 Å². The van der Waals surface area contributed by atoms with Crippen molar-refractivity contribution < 1.29 is 9.18 Å². The lowest BCUT2D eigenvalue weighted by Gasteiger charge is -2.07. The Labute approximate surface area is 163 Å². The molecular weight excluding hydrogens is 381 g/mol. The van der Waals surface area contributed by atoms with Crippen LogP contribution in [0.1, 0.15) is 0 Å². The fourth-order valence-corrected chi connectivity index (χ4v) is 4.44. The highest BCUT2D eigenvalue weighted by Crippen LogP contribution is 2.37. The second kappa shape index (κ2) is 7.85. The number of amides is 1. The molecule has 0 aliphatic carbocycles. The van der Waals surface area contributed by atoms with Crippen molar-refractivity contribution in [2.75, 3.05) is 11.1 Å². The van der Waals surface area contributed by atoms with Gasteiger partial charge in [-0.3, -0.25) is 4.79 Å². The van der Waals surface area contributed by atoms with Crippen LogP contribution in [-0.4, -0.2) is 21.6 Å². The van der Waals surface area contributed by atoms with Crippen molar-refractivity contribution in [1.82, 2.24) is 9.97 Å². The summed E-state index contributed by atoms with van der Waals surface area (Å²) in [6.45, 7) is 0. The van der Waals surface area contributed by atoms with Crippen molar-refractivity contribution in [3.63, 3.8) is 0 Å². The molecule has 4 rings (SSSR count). The molecule has 27 heavy (non-hydrogen) atoms. The first-order valence-electron chi connectivity index (χ1n) is 8.16. The number of benzene rings is 2. The van der Waals surface area contributed by atoms with Gasteiger partial charge in [-0.05, 0) is 29.8 Å². The first-order chi connectivity index (χ1) is 13.2. The summed E-state index contributed by atoms with van der Waals surface area (Å²) in [5.74, 6) is -0.306. The molecule has 0 aliphatic rings. The second-order valence-corrected chi connectivity index (χ2v) is 7.54. The molecule has 2 aromatic carbocycles. The fraction of sp³-hybridized carbons (Fsp3) is 0.0500. The Morgan fingerprint density at radius 1 is 1.07 bits per heavy atom. The number of rotatable bonds is 5. The van der Waals surface area contributed by atoms with E-state index in [1.54, 1.807) is 11.3 Å². The number of aromatic nitrogens is 2. The second-order valence-electron chi connectivity index (χ2n) is 5.72. The third-order valence-electron chi connectivity index (χ3n) is 3.89. The summed E-state index contributed by atoms with van der Waals surface area (Å²) in [7, 11) is 0. The van der Waals surface area contributed by atoms with E-state index in [-0.39, 0.29) is 17.5 Å². The summed E-state index contributed by atoms with van der Waals surface area (Å²) in [5, 5.41) is 6.57. The zero-order valence-electron chi connectivity index (χ0n) is 14.1. The molecule has 0 unspecified atom stereocenters. The van der Waals surface area contributed by atoms with Crippen LogP contribution in [0.4, 0.5) is 10.1 Å². The number of thioether (sulfide) groups is 1. The van der Waals surface area contributed by atoms with Crippen molar-refractivity contribution in [3.8, 4) is 11.1 Å². The van der Waals surface area contributed by atoms with E-state index in [0.29, 0.717) is 5.69 Å². The van der Waals surface area contributed by atoms with E-state index in [1.165, 1.54) is 42.4 Å². The number of carbonyl (C=O) groups excluding carboxylic acids is 1. The number of carbonyl (C=O) groups is 1. The average Bonchev–Trinajstić information content (AvgIpc) is 3.14. The summed E-state index contributed by atoms with van der Waals surface area (Å²) in [6.07, 6.45) is 1.52. The Hall–Kier alpha value is -2.77. The SMILES string of the molecule is O=C(CSc1ncnc2scc(-c3ccccc3)c12)Nc1ccc(F)cc1. The van der Waals surface area contributed by atoms with E-state index in [0.717, 1.165) is 26.4 Å². The van der Waals surface area contributed by atoms with Crippen LogP contribution in [0.2, 0.25) is 0 Å². The Morgan fingerprint density at radius 3 is 2.63 bits per heavy atom. The summed E-state index contributed by atoms with van der Waals surface area (Å²) in [5.41, 5.74) is 2.73. The van der Waals surface area contributed by atoms with E-state index in [4.69, 9.17) is 0 Å². The molecule has 134 valence electrons. The minimum absolute atomic E-state index is 0.171.